The minimum Gasteiger partial charge on any atom is -0.444 e. The van der Waals surface area contributed by atoms with Crippen LogP contribution in [0, 0.1) is 0 Å². The molecule has 1 fully saturated rings. The molecule has 0 aromatic heterocycles. The number of ether oxygens (including phenoxy) is 2. The average molecular weight is 348 g/mol. The molecule has 1 aliphatic rings. The Hall–Kier alpha value is -1.59. The Labute approximate surface area is 151 Å². The summed E-state index contributed by atoms with van der Waals surface area (Å²) >= 11 is 0. The number of nitrogens with zero attached hydrogens (tertiary/aromatic N) is 2. The van der Waals surface area contributed by atoms with E-state index in [9.17, 15) is 4.79 Å². The lowest BCUT2D eigenvalue weighted by Crippen LogP contribution is -2.38. The second-order valence-corrected chi connectivity index (χ2v) is 7.89. The highest BCUT2D eigenvalue weighted by Gasteiger charge is 2.20. The van der Waals surface area contributed by atoms with E-state index < -0.39 is 5.60 Å². The lowest BCUT2D eigenvalue weighted by Gasteiger charge is -2.31. The minimum absolute atomic E-state index is 0.296. The van der Waals surface area contributed by atoms with Gasteiger partial charge in [0.15, 0.2) is 0 Å². The Morgan fingerprint density at radius 2 is 1.88 bits per heavy atom. The number of methoxy groups -OCH3 is 1. The molecule has 0 aliphatic carbocycles. The standard InChI is InChI=1S/C20H32N2O3/c1-20(2,3)25-19(23)21(4)13-16-8-10-17(11-9-16)14-22-12-6-7-18(15-22)24-5/h8-11,18H,6-7,12-15H2,1-5H3/t18-/m0/s1. The molecule has 1 aromatic carbocycles. The molecule has 1 saturated heterocycles. The van der Waals surface area contributed by atoms with E-state index in [4.69, 9.17) is 9.47 Å². The molecule has 1 atom stereocenters. The van der Waals surface area contributed by atoms with Gasteiger partial charge < -0.3 is 14.4 Å². The van der Waals surface area contributed by atoms with Crippen molar-refractivity contribution in [1.29, 1.82) is 0 Å². The van der Waals surface area contributed by atoms with Crippen molar-refractivity contribution in [1.82, 2.24) is 9.80 Å². The van der Waals surface area contributed by atoms with Crippen molar-refractivity contribution >= 4 is 6.09 Å². The second-order valence-electron chi connectivity index (χ2n) is 7.89. The van der Waals surface area contributed by atoms with E-state index in [2.05, 4.69) is 29.2 Å². The summed E-state index contributed by atoms with van der Waals surface area (Å²) in [5, 5.41) is 0. The third-order valence-electron chi connectivity index (χ3n) is 4.35. The molecule has 0 N–H and O–H groups in total. The Kier molecular flexibility index (Phi) is 6.85. The van der Waals surface area contributed by atoms with Crippen LogP contribution in [-0.4, -0.2) is 54.8 Å². The smallest absolute Gasteiger partial charge is 0.410 e. The first-order valence-corrected chi connectivity index (χ1v) is 9.04. The summed E-state index contributed by atoms with van der Waals surface area (Å²) in [5.41, 5.74) is 1.93. The van der Waals surface area contributed by atoms with Gasteiger partial charge in [-0.2, -0.15) is 0 Å². The van der Waals surface area contributed by atoms with Gasteiger partial charge in [-0.05, 0) is 51.3 Å². The fraction of sp³-hybridized carbons (Fsp3) is 0.650. The van der Waals surface area contributed by atoms with E-state index in [0.29, 0.717) is 12.6 Å². The van der Waals surface area contributed by atoms with Crippen molar-refractivity contribution in [3.05, 3.63) is 35.4 Å². The van der Waals surface area contributed by atoms with Crippen molar-refractivity contribution in [2.75, 3.05) is 27.2 Å². The largest absolute Gasteiger partial charge is 0.444 e. The predicted octanol–water partition coefficient (Wildman–Crippen LogP) is 3.66. The quantitative estimate of drug-likeness (QED) is 0.814. The molecule has 5 heteroatoms. The van der Waals surface area contributed by atoms with Crippen molar-refractivity contribution in [2.24, 2.45) is 0 Å². The van der Waals surface area contributed by atoms with Crippen LogP contribution in [0.2, 0.25) is 0 Å². The molecular weight excluding hydrogens is 316 g/mol. The summed E-state index contributed by atoms with van der Waals surface area (Å²) in [4.78, 5) is 16.1. The summed E-state index contributed by atoms with van der Waals surface area (Å²) in [5.74, 6) is 0. The van der Waals surface area contributed by atoms with Crippen LogP contribution in [0.3, 0.4) is 0 Å². The van der Waals surface area contributed by atoms with Crippen LogP contribution in [0.15, 0.2) is 24.3 Å². The van der Waals surface area contributed by atoms with Gasteiger partial charge in [0.05, 0.1) is 6.10 Å². The summed E-state index contributed by atoms with van der Waals surface area (Å²) in [6, 6.07) is 8.48. The van der Waals surface area contributed by atoms with Crippen molar-refractivity contribution in [2.45, 2.75) is 58.4 Å². The molecule has 0 spiro atoms. The van der Waals surface area contributed by atoms with Gasteiger partial charge in [-0.1, -0.05) is 24.3 Å². The minimum atomic E-state index is -0.469. The van der Waals surface area contributed by atoms with Gasteiger partial charge in [0.2, 0.25) is 0 Å². The van der Waals surface area contributed by atoms with Crippen LogP contribution >= 0.6 is 0 Å². The van der Waals surface area contributed by atoms with Gasteiger partial charge in [-0.3, -0.25) is 4.90 Å². The fourth-order valence-electron chi connectivity index (χ4n) is 3.04. The average Bonchev–Trinajstić information content (AvgIpc) is 2.55. The highest BCUT2D eigenvalue weighted by molar-refractivity contribution is 5.67. The van der Waals surface area contributed by atoms with E-state index >= 15 is 0 Å². The zero-order valence-electron chi connectivity index (χ0n) is 16.2. The van der Waals surface area contributed by atoms with Crippen molar-refractivity contribution in [3.63, 3.8) is 0 Å². The van der Waals surface area contributed by atoms with Crippen LogP contribution in [-0.2, 0) is 22.6 Å². The predicted molar refractivity (Wildman–Crippen MR) is 99.5 cm³/mol. The molecule has 140 valence electrons. The van der Waals surface area contributed by atoms with Gasteiger partial charge in [0.25, 0.3) is 0 Å². The van der Waals surface area contributed by atoms with Gasteiger partial charge >= 0.3 is 6.09 Å². The summed E-state index contributed by atoms with van der Waals surface area (Å²) in [6.07, 6.45) is 2.41. The maximum Gasteiger partial charge on any atom is 0.410 e. The number of rotatable bonds is 5. The highest BCUT2D eigenvalue weighted by Crippen LogP contribution is 2.17. The van der Waals surface area contributed by atoms with Crippen LogP contribution < -0.4 is 0 Å². The highest BCUT2D eigenvalue weighted by atomic mass is 16.6. The first-order valence-electron chi connectivity index (χ1n) is 9.04. The number of piperidine rings is 1. The maximum absolute atomic E-state index is 12.0. The van der Waals surface area contributed by atoms with E-state index in [1.165, 1.54) is 12.0 Å². The van der Waals surface area contributed by atoms with Gasteiger partial charge in [-0.15, -0.1) is 0 Å². The molecule has 1 heterocycles. The molecule has 25 heavy (non-hydrogen) atoms. The molecule has 0 saturated carbocycles. The number of amides is 1. The number of carbonyl (C=O) groups is 1. The topological polar surface area (TPSA) is 42.0 Å². The molecular formula is C20H32N2O3. The number of likely N-dealkylation sites (tertiary alicyclic amines) is 1. The van der Waals surface area contributed by atoms with Crippen LogP contribution in [0.5, 0.6) is 0 Å². The molecule has 2 rings (SSSR count). The summed E-state index contributed by atoms with van der Waals surface area (Å²) in [6.45, 7) is 9.25. The van der Waals surface area contributed by atoms with E-state index in [0.717, 1.165) is 31.6 Å². The number of hydrogen-bond acceptors (Lipinski definition) is 4. The lowest BCUT2D eigenvalue weighted by atomic mass is 10.1. The van der Waals surface area contributed by atoms with Crippen LogP contribution in [0.25, 0.3) is 0 Å². The van der Waals surface area contributed by atoms with Crippen LogP contribution in [0.1, 0.15) is 44.7 Å². The Bertz CT molecular complexity index is 551. The first-order chi connectivity index (χ1) is 11.8. The number of hydrogen-bond donors (Lipinski definition) is 0. The summed E-state index contributed by atoms with van der Waals surface area (Å²) in [7, 11) is 3.56. The molecule has 5 nitrogen and oxygen atoms in total. The van der Waals surface area contributed by atoms with Crippen LogP contribution in [0.4, 0.5) is 4.79 Å². The Morgan fingerprint density at radius 3 is 2.48 bits per heavy atom. The Balaban J connectivity index is 1.86. The Morgan fingerprint density at radius 1 is 1.24 bits per heavy atom. The third-order valence-corrected chi connectivity index (χ3v) is 4.35. The summed E-state index contributed by atoms with van der Waals surface area (Å²) < 4.78 is 10.9. The monoisotopic (exact) mass is 348 g/mol. The maximum atomic E-state index is 12.0. The molecule has 0 unspecified atom stereocenters. The van der Waals surface area contributed by atoms with E-state index in [-0.39, 0.29) is 6.09 Å². The van der Waals surface area contributed by atoms with E-state index in [1.807, 2.05) is 20.8 Å². The second kappa shape index (κ2) is 8.68. The van der Waals surface area contributed by atoms with Gasteiger partial charge in [-0.25, -0.2) is 4.79 Å². The van der Waals surface area contributed by atoms with E-state index in [1.54, 1.807) is 19.1 Å². The number of benzene rings is 1. The van der Waals surface area contributed by atoms with Gasteiger partial charge in [0, 0.05) is 33.8 Å². The first kappa shape index (κ1) is 19.7. The molecule has 0 bridgehead atoms. The molecule has 1 aromatic rings. The molecule has 0 radical (unpaired) electrons. The third kappa shape index (κ3) is 6.67. The van der Waals surface area contributed by atoms with Crippen molar-refractivity contribution < 1.29 is 14.3 Å². The fourth-order valence-corrected chi connectivity index (χ4v) is 3.04. The molecule has 1 amide bonds. The van der Waals surface area contributed by atoms with Crippen molar-refractivity contribution in [3.8, 4) is 0 Å². The molecule has 1 aliphatic heterocycles. The number of carbonyl (C=O) groups excluding carboxylic acids is 1. The normalized spacial score (nSPS) is 18.8. The lowest BCUT2D eigenvalue weighted by molar-refractivity contribution is 0.0284. The SMILES string of the molecule is CO[C@H]1CCCN(Cc2ccc(CN(C)C(=O)OC(C)(C)C)cc2)C1. The zero-order chi connectivity index (χ0) is 18.4. The van der Waals surface area contributed by atoms with Gasteiger partial charge in [0.1, 0.15) is 5.60 Å². The zero-order valence-corrected chi connectivity index (χ0v) is 16.2.